The average molecular weight is 435 g/mol. The molecule has 0 aliphatic heterocycles. The van der Waals surface area contributed by atoms with E-state index in [4.69, 9.17) is 0 Å². The number of nitrogens with zero attached hydrogens (tertiary/aromatic N) is 1. The maximum atomic E-state index is 12.9. The lowest BCUT2D eigenvalue weighted by Crippen LogP contribution is -2.37. The van der Waals surface area contributed by atoms with Crippen LogP contribution in [0.2, 0.25) is 0 Å². The van der Waals surface area contributed by atoms with Crippen LogP contribution in [0.5, 0.6) is 0 Å². The van der Waals surface area contributed by atoms with Gasteiger partial charge < -0.3 is 20.1 Å². The number of amides is 1. The number of aromatic nitrogens is 1. The minimum atomic E-state index is -0.431. The van der Waals surface area contributed by atoms with Crippen molar-refractivity contribution in [3.63, 3.8) is 0 Å². The fourth-order valence-electron chi connectivity index (χ4n) is 5.04. The van der Waals surface area contributed by atoms with Gasteiger partial charge in [0.15, 0.2) is 0 Å². The SMILES string of the molecule is O=C(CC12CCC(CC1)CC2)Nc1cn(C(CO)CO)c2cccc(Br)c12. The highest BCUT2D eigenvalue weighted by Gasteiger charge is 2.41. The first-order chi connectivity index (χ1) is 13.0. The maximum Gasteiger partial charge on any atom is 0.224 e. The highest BCUT2D eigenvalue weighted by atomic mass is 79.9. The zero-order valence-corrected chi connectivity index (χ0v) is 17.0. The van der Waals surface area contributed by atoms with Gasteiger partial charge in [-0.25, -0.2) is 0 Å². The minimum absolute atomic E-state index is 0.0645. The molecule has 3 fully saturated rings. The highest BCUT2D eigenvalue weighted by molar-refractivity contribution is 9.10. The van der Waals surface area contributed by atoms with Crippen LogP contribution in [0.3, 0.4) is 0 Å². The van der Waals surface area contributed by atoms with E-state index in [1.54, 1.807) is 0 Å². The quantitative estimate of drug-likeness (QED) is 0.636. The highest BCUT2D eigenvalue weighted by Crippen LogP contribution is 2.52. The lowest BCUT2D eigenvalue weighted by atomic mass is 9.59. The largest absolute Gasteiger partial charge is 0.394 e. The second-order valence-electron chi connectivity index (χ2n) is 8.31. The molecule has 0 radical (unpaired) electrons. The van der Waals surface area contributed by atoms with Crippen molar-refractivity contribution in [2.45, 2.75) is 51.0 Å². The summed E-state index contributed by atoms with van der Waals surface area (Å²) < 4.78 is 2.74. The molecular formula is C21H27BrN2O3. The lowest BCUT2D eigenvalue weighted by Gasteiger charge is -2.46. The number of benzene rings is 1. The van der Waals surface area contributed by atoms with Gasteiger partial charge in [-0.15, -0.1) is 0 Å². The fraction of sp³-hybridized carbons (Fsp3) is 0.571. The number of fused-ring (bicyclic) bond motifs is 4. The summed E-state index contributed by atoms with van der Waals surface area (Å²) in [6.07, 6.45) is 9.75. The van der Waals surface area contributed by atoms with Crippen molar-refractivity contribution < 1.29 is 15.0 Å². The first-order valence-electron chi connectivity index (χ1n) is 9.86. The summed E-state index contributed by atoms with van der Waals surface area (Å²) in [6.45, 7) is -0.324. The maximum absolute atomic E-state index is 12.9. The van der Waals surface area contributed by atoms with Crippen molar-refractivity contribution in [3.8, 4) is 0 Å². The number of halogens is 1. The van der Waals surface area contributed by atoms with E-state index in [9.17, 15) is 15.0 Å². The van der Waals surface area contributed by atoms with Gasteiger partial charge in [0.2, 0.25) is 5.91 Å². The Labute approximate surface area is 167 Å². The second kappa shape index (κ2) is 7.57. The Hall–Kier alpha value is -1.37. The molecule has 0 unspecified atom stereocenters. The molecule has 1 aromatic heterocycles. The Morgan fingerprint density at radius 1 is 1.22 bits per heavy atom. The van der Waals surface area contributed by atoms with Gasteiger partial charge in [-0.2, -0.15) is 0 Å². The van der Waals surface area contributed by atoms with Gasteiger partial charge in [-0.05, 0) is 62.0 Å². The van der Waals surface area contributed by atoms with Crippen LogP contribution in [0.4, 0.5) is 5.69 Å². The molecule has 146 valence electrons. The summed E-state index contributed by atoms with van der Waals surface area (Å²) in [5.74, 6) is 0.951. The number of carbonyl (C=O) groups is 1. The predicted molar refractivity (Wildman–Crippen MR) is 110 cm³/mol. The molecule has 0 saturated heterocycles. The van der Waals surface area contributed by atoms with Gasteiger partial charge in [-0.1, -0.05) is 22.0 Å². The molecule has 3 saturated carbocycles. The summed E-state index contributed by atoms with van der Waals surface area (Å²) in [4.78, 5) is 12.9. The Bertz CT molecular complexity index is 822. The van der Waals surface area contributed by atoms with Gasteiger partial charge in [-0.3, -0.25) is 4.79 Å². The summed E-state index contributed by atoms with van der Waals surface area (Å²) in [5, 5.41) is 23.2. The molecule has 1 aromatic carbocycles. The fourth-order valence-corrected chi connectivity index (χ4v) is 5.61. The molecule has 1 heterocycles. The smallest absolute Gasteiger partial charge is 0.224 e. The van der Waals surface area contributed by atoms with E-state index >= 15 is 0 Å². The molecule has 6 heteroatoms. The van der Waals surface area contributed by atoms with E-state index in [1.165, 1.54) is 38.5 Å². The minimum Gasteiger partial charge on any atom is -0.394 e. The molecule has 2 bridgehead atoms. The van der Waals surface area contributed by atoms with E-state index in [0.717, 1.165) is 27.0 Å². The third kappa shape index (κ3) is 3.55. The van der Waals surface area contributed by atoms with Crippen molar-refractivity contribution in [2.75, 3.05) is 18.5 Å². The van der Waals surface area contributed by atoms with Crippen molar-refractivity contribution in [3.05, 3.63) is 28.9 Å². The summed E-state index contributed by atoms with van der Waals surface area (Å²) in [7, 11) is 0. The van der Waals surface area contributed by atoms with E-state index in [2.05, 4.69) is 21.2 Å². The van der Waals surface area contributed by atoms with Crippen LogP contribution in [0.25, 0.3) is 10.9 Å². The van der Waals surface area contributed by atoms with Crippen LogP contribution in [0.15, 0.2) is 28.9 Å². The Kier molecular flexibility index (Phi) is 5.32. The zero-order valence-electron chi connectivity index (χ0n) is 15.5. The normalized spacial score (nSPS) is 24.7. The van der Waals surface area contributed by atoms with Gasteiger partial charge in [0.1, 0.15) is 0 Å². The predicted octanol–water partition coefficient (Wildman–Crippen LogP) is 4.23. The van der Waals surface area contributed by atoms with Crippen LogP contribution >= 0.6 is 15.9 Å². The van der Waals surface area contributed by atoms with Crippen LogP contribution in [0.1, 0.15) is 51.0 Å². The summed E-state index contributed by atoms with van der Waals surface area (Å²) >= 11 is 3.58. The Morgan fingerprint density at radius 2 is 1.89 bits per heavy atom. The number of nitrogens with one attached hydrogen (secondary N) is 1. The number of aliphatic hydroxyl groups is 2. The van der Waals surface area contributed by atoms with Crippen molar-refractivity contribution in [2.24, 2.45) is 11.3 Å². The number of anilines is 1. The van der Waals surface area contributed by atoms with E-state index in [1.807, 2.05) is 29.0 Å². The van der Waals surface area contributed by atoms with Gasteiger partial charge in [0.25, 0.3) is 0 Å². The first-order valence-corrected chi connectivity index (χ1v) is 10.7. The van der Waals surface area contributed by atoms with Crippen molar-refractivity contribution >= 4 is 38.4 Å². The third-order valence-corrected chi connectivity index (χ3v) is 7.34. The topological polar surface area (TPSA) is 74.5 Å². The summed E-state index contributed by atoms with van der Waals surface area (Å²) in [5.41, 5.74) is 1.80. The van der Waals surface area contributed by atoms with E-state index < -0.39 is 6.04 Å². The third-order valence-electron chi connectivity index (χ3n) is 6.68. The van der Waals surface area contributed by atoms with Crippen molar-refractivity contribution in [1.29, 1.82) is 0 Å². The molecule has 2 aromatic rings. The van der Waals surface area contributed by atoms with Crippen LogP contribution < -0.4 is 5.32 Å². The molecule has 5 rings (SSSR count). The number of hydrogen-bond acceptors (Lipinski definition) is 3. The van der Waals surface area contributed by atoms with Crippen LogP contribution in [-0.4, -0.2) is 33.9 Å². The van der Waals surface area contributed by atoms with Crippen LogP contribution in [0, 0.1) is 11.3 Å². The number of aliphatic hydroxyl groups excluding tert-OH is 2. The molecular weight excluding hydrogens is 408 g/mol. The van der Waals surface area contributed by atoms with E-state index in [-0.39, 0.29) is 24.5 Å². The van der Waals surface area contributed by atoms with E-state index in [0.29, 0.717) is 6.42 Å². The van der Waals surface area contributed by atoms with Gasteiger partial charge in [0, 0.05) is 22.5 Å². The molecule has 3 aliphatic rings. The van der Waals surface area contributed by atoms with Crippen molar-refractivity contribution in [1.82, 2.24) is 4.57 Å². The molecule has 3 N–H and O–H groups in total. The average Bonchev–Trinajstić information content (AvgIpc) is 3.03. The van der Waals surface area contributed by atoms with Gasteiger partial charge >= 0.3 is 0 Å². The van der Waals surface area contributed by atoms with Gasteiger partial charge in [0.05, 0.1) is 30.5 Å². The Balaban J connectivity index is 1.60. The molecule has 5 nitrogen and oxygen atoms in total. The first kappa shape index (κ1) is 19.0. The molecule has 27 heavy (non-hydrogen) atoms. The zero-order chi connectivity index (χ0) is 19.0. The number of hydrogen-bond donors (Lipinski definition) is 3. The van der Waals surface area contributed by atoms with Crippen LogP contribution in [-0.2, 0) is 4.79 Å². The summed E-state index contributed by atoms with van der Waals surface area (Å²) in [6, 6.07) is 5.37. The molecule has 0 spiro atoms. The molecule has 0 atom stereocenters. The molecule has 3 aliphatic carbocycles. The molecule has 1 amide bonds. The number of carbonyl (C=O) groups excluding carboxylic acids is 1. The second-order valence-corrected chi connectivity index (χ2v) is 9.16. The Morgan fingerprint density at radius 3 is 2.52 bits per heavy atom. The lowest BCUT2D eigenvalue weighted by molar-refractivity contribution is -0.120. The standard InChI is InChI=1S/C21H27BrN2O3/c22-16-2-1-3-18-20(16)17(11-24(18)15(12-25)13-26)23-19(27)10-21-7-4-14(5-8-21)6-9-21/h1-3,11,14-15,25-26H,4-10,12-13H2,(H,23,27). The monoisotopic (exact) mass is 434 g/mol. The number of rotatable bonds is 6.